The van der Waals surface area contributed by atoms with E-state index in [-0.39, 0.29) is 46.1 Å². The van der Waals surface area contributed by atoms with Crippen molar-refractivity contribution in [2.45, 2.75) is 75.8 Å². The number of rotatable bonds is 4. The summed E-state index contributed by atoms with van der Waals surface area (Å²) in [5.41, 5.74) is -2.56. The van der Waals surface area contributed by atoms with Gasteiger partial charge in [-0.2, -0.15) is 0 Å². The Morgan fingerprint density at radius 3 is 2.32 bits per heavy atom. The van der Waals surface area contributed by atoms with Crippen molar-refractivity contribution in [3.63, 3.8) is 0 Å². The SMILES string of the molecule is CC(C)[C@@H]1CC[C@@H](C)[C@H]2C[C@]34O[C@H]([C@@]21O)[C@@]3(C)Oc1c(C=O)c(O)c(C=O)c(O)c1[C@H]4c1ccccc1. The quantitative estimate of drug-likeness (QED) is 0.520. The number of ether oxygens (including phenoxy) is 2. The molecule has 0 unspecified atom stereocenters. The predicted molar refractivity (Wildman–Crippen MR) is 135 cm³/mol. The molecule has 0 amide bonds. The third kappa shape index (κ3) is 2.74. The molecule has 3 heterocycles. The Kier molecular flexibility index (Phi) is 5.16. The molecule has 5 aliphatic rings. The minimum absolute atomic E-state index is 0.0128. The molecule has 2 aromatic carbocycles. The molecule has 37 heavy (non-hydrogen) atoms. The highest BCUT2D eigenvalue weighted by Gasteiger charge is 2.83. The molecule has 0 radical (unpaired) electrons. The molecule has 3 aliphatic heterocycles. The predicted octanol–water partition coefficient (Wildman–Crippen LogP) is 4.60. The summed E-state index contributed by atoms with van der Waals surface area (Å²) in [6, 6.07) is 9.54. The Morgan fingerprint density at radius 2 is 1.70 bits per heavy atom. The fourth-order valence-electron chi connectivity index (χ4n) is 8.44. The number of phenolic OH excluding ortho intramolecular Hbond substituents is 2. The lowest BCUT2D eigenvalue weighted by Crippen LogP contribution is -2.90. The van der Waals surface area contributed by atoms with E-state index in [9.17, 15) is 24.9 Å². The molecule has 0 aromatic heterocycles. The number of phenols is 2. The maximum absolute atomic E-state index is 12.5. The number of fused-ring (bicyclic) bond motifs is 1. The summed E-state index contributed by atoms with van der Waals surface area (Å²) in [6.45, 7) is 8.36. The van der Waals surface area contributed by atoms with E-state index in [1.54, 1.807) is 0 Å². The molecule has 2 bridgehead atoms. The maximum atomic E-state index is 12.5. The molecule has 8 atom stereocenters. The van der Waals surface area contributed by atoms with Gasteiger partial charge in [0.05, 0.1) is 11.1 Å². The number of hydrogen-bond donors (Lipinski definition) is 3. The molecule has 2 aliphatic carbocycles. The van der Waals surface area contributed by atoms with Crippen LogP contribution in [0, 0.1) is 23.7 Å². The number of hydrogen-bond acceptors (Lipinski definition) is 7. The van der Waals surface area contributed by atoms with Crippen molar-refractivity contribution in [2.24, 2.45) is 23.7 Å². The number of aliphatic hydroxyl groups is 1. The first-order valence-electron chi connectivity index (χ1n) is 13.2. The van der Waals surface area contributed by atoms with Gasteiger partial charge in [-0.1, -0.05) is 51.1 Å². The second-order valence-electron chi connectivity index (χ2n) is 12.0. The molecular weight excluding hydrogens is 472 g/mol. The monoisotopic (exact) mass is 506 g/mol. The lowest BCUT2D eigenvalue weighted by Gasteiger charge is -2.77. The van der Waals surface area contributed by atoms with Crippen LogP contribution in [0.4, 0.5) is 0 Å². The summed E-state index contributed by atoms with van der Waals surface area (Å²) >= 11 is 0. The van der Waals surface area contributed by atoms with E-state index < -0.39 is 40.3 Å². The summed E-state index contributed by atoms with van der Waals surface area (Å²) in [6.07, 6.45) is 2.53. The Morgan fingerprint density at radius 1 is 1.03 bits per heavy atom. The molecule has 2 saturated carbocycles. The molecule has 1 spiro atoms. The van der Waals surface area contributed by atoms with E-state index in [2.05, 4.69) is 20.8 Å². The van der Waals surface area contributed by atoms with Crippen LogP contribution in [-0.2, 0) is 4.74 Å². The normalized spacial score (nSPS) is 39.5. The Hall–Kier alpha value is -2.90. The summed E-state index contributed by atoms with van der Waals surface area (Å²) in [5.74, 6) is -1.12. The lowest BCUT2D eigenvalue weighted by molar-refractivity contribution is -0.441. The van der Waals surface area contributed by atoms with Crippen molar-refractivity contribution in [1.82, 2.24) is 0 Å². The average molecular weight is 507 g/mol. The molecule has 2 aromatic rings. The highest BCUT2D eigenvalue weighted by Crippen LogP contribution is 2.73. The van der Waals surface area contributed by atoms with Crippen LogP contribution in [-0.4, -0.2) is 50.8 Å². The van der Waals surface area contributed by atoms with Crippen molar-refractivity contribution in [2.75, 3.05) is 0 Å². The number of carbonyl (C=O) groups excluding carboxylic acids is 2. The van der Waals surface area contributed by atoms with E-state index in [1.165, 1.54) is 0 Å². The van der Waals surface area contributed by atoms with E-state index in [0.717, 1.165) is 18.4 Å². The summed E-state index contributed by atoms with van der Waals surface area (Å²) in [7, 11) is 0. The van der Waals surface area contributed by atoms with Crippen LogP contribution in [0.25, 0.3) is 0 Å². The van der Waals surface area contributed by atoms with Gasteiger partial charge in [0.2, 0.25) is 0 Å². The van der Waals surface area contributed by atoms with Gasteiger partial charge in [0.1, 0.15) is 34.6 Å². The van der Waals surface area contributed by atoms with Gasteiger partial charge in [-0.3, -0.25) is 9.59 Å². The maximum Gasteiger partial charge on any atom is 0.165 e. The van der Waals surface area contributed by atoms with E-state index in [4.69, 9.17) is 9.47 Å². The summed E-state index contributed by atoms with van der Waals surface area (Å²) in [4.78, 5) is 24.1. The van der Waals surface area contributed by atoms with Gasteiger partial charge in [0.15, 0.2) is 18.2 Å². The first-order chi connectivity index (χ1) is 17.6. The summed E-state index contributed by atoms with van der Waals surface area (Å²) < 4.78 is 13.4. The molecule has 2 saturated heterocycles. The van der Waals surface area contributed by atoms with Gasteiger partial charge in [-0.15, -0.1) is 0 Å². The minimum Gasteiger partial charge on any atom is -0.507 e. The molecule has 196 valence electrons. The highest BCUT2D eigenvalue weighted by atomic mass is 16.6. The van der Waals surface area contributed by atoms with Gasteiger partial charge >= 0.3 is 0 Å². The van der Waals surface area contributed by atoms with Crippen molar-refractivity contribution >= 4 is 12.6 Å². The van der Waals surface area contributed by atoms with Crippen molar-refractivity contribution in [3.8, 4) is 17.2 Å². The van der Waals surface area contributed by atoms with Gasteiger partial charge in [-0.25, -0.2) is 0 Å². The third-order valence-corrected chi connectivity index (χ3v) is 10.2. The van der Waals surface area contributed by atoms with Crippen LogP contribution < -0.4 is 4.74 Å². The first-order valence-corrected chi connectivity index (χ1v) is 13.2. The Bertz CT molecular complexity index is 1290. The number of aromatic hydroxyl groups is 2. The average Bonchev–Trinajstić information content (AvgIpc) is 2.86. The standard InChI is InChI=1S/C30H34O7/c1-15(2)20-11-10-16(3)21-12-29-23(17-8-6-5-7-9-17)22-25(34)18(13-31)24(33)19(14-32)26(22)36-28(29,4)27(37-29)30(20,21)35/h5-9,13-16,20-21,23,27,33-35H,10-12H2,1-4H3/t16-,20+,21-,23-,27+,28-,29-,30+/m1/s1. The van der Waals surface area contributed by atoms with Crippen LogP contribution in [0.2, 0.25) is 0 Å². The summed E-state index contributed by atoms with van der Waals surface area (Å²) in [5, 5.41) is 34.6. The molecular formula is C30H34O7. The topological polar surface area (TPSA) is 113 Å². The number of aldehydes is 2. The highest BCUT2D eigenvalue weighted by molar-refractivity contribution is 5.95. The van der Waals surface area contributed by atoms with Crippen LogP contribution in [0.1, 0.15) is 84.7 Å². The van der Waals surface area contributed by atoms with Gasteiger partial charge in [0, 0.05) is 11.5 Å². The van der Waals surface area contributed by atoms with Gasteiger partial charge in [-0.05, 0) is 55.4 Å². The van der Waals surface area contributed by atoms with Crippen LogP contribution in [0.5, 0.6) is 17.2 Å². The van der Waals surface area contributed by atoms with Crippen LogP contribution >= 0.6 is 0 Å². The van der Waals surface area contributed by atoms with Crippen molar-refractivity contribution in [3.05, 3.63) is 52.6 Å². The zero-order valence-corrected chi connectivity index (χ0v) is 21.6. The van der Waals surface area contributed by atoms with Crippen LogP contribution in [0.3, 0.4) is 0 Å². The van der Waals surface area contributed by atoms with E-state index in [1.807, 2.05) is 37.3 Å². The van der Waals surface area contributed by atoms with Gasteiger partial charge in [0.25, 0.3) is 0 Å². The minimum atomic E-state index is -1.13. The fraction of sp³-hybridized carbons (Fsp3) is 0.533. The molecule has 7 nitrogen and oxygen atoms in total. The zero-order chi connectivity index (χ0) is 26.5. The first kappa shape index (κ1) is 24.4. The number of benzene rings is 2. The van der Waals surface area contributed by atoms with E-state index >= 15 is 0 Å². The smallest absolute Gasteiger partial charge is 0.165 e. The van der Waals surface area contributed by atoms with Crippen molar-refractivity contribution in [1.29, 1.82) is 0 Å². The lowest BCUT2D eigenvalue weighted by atomic mass is 9.42. The molecule has 4 fully saturated rings. The Balaban J connectivity index is 1.65. The Labute approximate surface area is 216 Å². The molecule has 3 N–H and O–H groups in total. The molecule has 7 rings (SSSR count). The third-order valence-electron chi connectivity index (χ3n) is 10.2. The largest absolute Gasteiger partial charge is 0.507 e. The van der Waals surface area contributed by atoms with Crippen LogP contribution in [0.15, 0.2) is 30.3 Å². The van der Waals surface area contributed by atoms with Gasteiger partial charge < -0.3 is 24.8 Å². The van der Waals surface area contributed by atoms with E-state index in [0.29, 0.717) is 19.0 Å². The fourth-order valence-corrected chi connectivity index (χ4v) is 8.44. The van der Waals surface area contributed by atoms with Crippen molar-refractivity contribution < 1.29 is 34.4 Å². The number of carbonyl (C=O) groups is 2. The zero-order valence-electron chi connectivity index (χ0n) is 21.6. The second-order valence-corrected chi connectivity index (χ2v) is 12.0. The molecule has 7 heteroatoms. The second kappa shape index (κ2) is 7.81.